The smallest absolute Gasteiger partial charge is 0.289 e. The van der Waals surface area contributed by atoms with Gasteiger partial charge in [-0.15, -0.1) is 11.3 Å². The summed E-state index contributed by atoms with van der Waals surface area (Å²) in [5, 5.41) is 2.86. The third kappa shape index (κ3) is 4.17. The highest BCUT2D eigenvalue weighted by Gasteiger charge is 2.14. The fourth-order valence-electron chi connectivity index (χ4n) is 1.97. The zero-order chi connectivity index (χ0) is 17.8. The summed E-state index contributed by atoms with van der Waals surface area (Å²) in [6.07, 6.45) is 1.62. The molecule has 0 aliphatic carbocycles. The predicted molar refractivity (Wildman–Crippen MR) is 103 cm³/mol. The van der Waals surface area contributed by atoms with E-state index in [0.29, 0.717) is 16.3 Å². The summed E-state index contributed by atoms with van der Waals surface area (Å²) in [5.41, 5.74) is 6.87. The van der Waals surface area contributed by atoms with Crippen LogP contribution in [0.15, 0.2) is 35.3 Å². The summed E-state index contributed by atoms with van der Waals surface area (Å²) >= 11 is 9.55. The lowest BCUT2D eigenvalue weighted by Gasteiger charge is -2.12. The molecule has 1 aromatic carbocycles. The molecule has 0 saturated heterocycles. The maximum absolute atomic E-state index is 11.9. The Balaban J connectivity index is 1.64. The van der Waals surface area contributed by atoms with Crippen molar-refractivity contribution in [1.82, 2.24) is 20.8 Å². The first-order valence-corrected chi connectivity index (χ1v) is 9.29. The van der Waals surface area contributed by atoms with Crippen LogP contribution in [0.4, 0.5) is 0 Å². The number of ether oxygens (including phenoxy) is 1. The summed E-state index contributed by atoms with van der Waals surface area (Å²) in [7, 11) is 0. The van der Waals surface area contributed by atoms with Crippen molar-refractivity contribution in [3.63, 3.8) is 0 Å². The number of carbonyl (C=O) groups is 2. The highest BCUT2D eigenvalue weighted by Crippen LogP contribution is 2.34. The van der Waals surface area contributed by atoms with Gasteiger partial charge >= 0.3 is 0 Å². The number of benzene rings is 1. The van der Waals surface area contributed by atoms with Gasteiger partial charge in [-0.05, 0) is 40.8 Å². The molecule has 2 heterocycles. The number of hydrogen-bond donors (Lipinski definition) is 2. The third-order valence-corrected chi connectivity index (χ3v) is 4.78. The van der Waals surface area contributed by atoms with E-state index in [1.54, 1.807) is 23.7 Å². The number of amides is 2. The Morgan fingerprint density at radius 1 is 1.32 bits per heavy atom. The van der Waals surface area contributed by atoms with E-state index < -0.39 is 11.8 Å². The third-order valence-electron chi connectivity index (χ3n) is 3.08. The Hall–Kier alpha value is -1.98. The van der Waals surface area contributed by atoms with Gasteiger partial charge in [0.25, 0.3) is 11.8 Å². The van der Waals surface area contributed by atoms with E-state index in [9.17, 15) is 9.59 Å². The average molecular weight is 489 g/mol. The van der Waals surface area contributed by atoms with Crippen LogP contribution in [0.5, 0.6) is 5.75 Å². The summed E-state index contributed by atoms with van der Waals surface area (Å²) in [5.74, 6) is -0.553. The summed E-state index contributed by atoms with van der Waals surface area (Å²) in [4.78, 5) is 31.7. The molecular weight excluding hydrogens is 479 g/mol. The lowest BCUT2D eigenvalue weighted by molar-refractivity contribution is -0.123. The second kappa shape index (κ2) is 7.93. The molecule has 0 aliphatic rings. The number of carbonyl (C=O) groups excluding carboxylic acids is 2. The predicted octanol–water partition coefficient (Wildman–Crippen LogP) is 2.79. The molecule has 25 heavy (non-hydrogen) atoms. The zero-order valence-electron chi connectivity index (χ0n) is 12.5. The van der Waals surface area contributed by atoms with Crippen molar-refractivity contribution < 1.29 is 14.3 Å². The van der Waals surface area contributed by atoms with Crippen LogP contribution >= 0.6 is 45.5 Å². The minimum Gasteiger partial charge on any atom is -0.480 e. The first-order valence-electron chi connectivity index (χ1n) is 6.89. The van der Waals surface area contributed by atoms with Crippen LogP contribution in [-0.4, -0.2) is 28.4 Å². The van der Waals surface area contributed by atoms with Crippen LogP contribution in [0, 0.1) is 3.57 Å². The number of aromatic nitrogens is 2. The Labute approximate surface area is 164 Å². The Morgan fingerprint density at radius 2 is 2.16 bits per heavy atom. The van der Waals surface area contributed by atoms with E-state index in [0.717, 1.165) is 8.96 Å². The molecule has 10 heteroatoms. The largest absolute Gasteiger partial charge is 0.480 e. The number of rotatable bonds is 4. The standard InChI is InChI=1S/C15H10ClIN4O3S/c16-9-4-10(17)14(13-8(9)2-1-3-18-13)24-5-12(22)20-21-15(23)11-6-25-7-19-11/h1-4,6-7H,5H2,(H,20,22)(H,21,23). The van der Waals surface area contributed by atoms with Gasteiger partial charge in [-0.1, -0.05) is 11.6 Å². The number of halogens is 2. The molecule has 0 radical (unpaired) electrons. The first-order chi connectivity index (χ1) is 12.1. The first kappa shape index (κ1) is 17.8. The lowest BCUT2D eigenvalue weighted by Crippen LogP contribution is -2.44. The van der Waals surface area contributed by atoms with E-state index in [1.165, 1.54) is 16.8 Å². The molecule has 2 N–H and O–H groups in total. The minimum atomic E-state index is -0.515. The molecule has 0 unspecified atom stereocenters. The van der Waals surface area contributed by atoms with Gasteiger partial charge in [0.05, 0.1) is 14.1 Å². The quantitative estimate of drug-likeness (QED) is 0.435. The number of hydrazine groups is 1. The summed E-state index contributed by atoms with van der Waals surface area (Å²) in [6, 6.07) is 5.33. The fourth-order valence-corrected chi connectivity index (χ4v) is 3.67. The van der Waals surface area contributed by atoms with Gasteiger partial charge in [-0.3, -0.25) is 25.4 Å². The van der Waals surface area contributed by atoms with Crippen molar-refractivity contribution in [1.29, 1.82) is 0 Å². The molecule has 3 rings (SSSR count). The molecule has 0 atom stereocenters. The number of fused-ring (bicyclic) bond motifs is 1. The fraction of sp³-hybridized carbons (Fsp3) is 0.0667. The second-order valence-corrected chi connectivity index (χ2v) is 7.02. The van der Waals surface area contributed by atoms with Crippen LogP contribution in [0.25, 0.3) is 10.9 Å². The van der Waals surface area contributed by atoms with Gasteiger partial charge in [0, 0.05) is 17.0 Å². The lowest BCUT2D eigenvalue weighted by atomic mass is 10.2. The molecule has 2 amide bonds. The Bertz CT molecular complexity index is 936. The van der Waals surface area contributed by atoms with Crippen molar-refractivity contribution in [2.45, 2.75) is 0 Å². The van der Waals surface area contributed by atoms with Gasteiger partial charge < -0.3 is 4.74 Å². The molecule has 0 bridgehead atoms. The monoisotopic (exact) mass is 488 g/mol. The van der Waals surface area contributed by atoms with Crippen LogP contribution in [0.1, 0.15) is 10.5 Å². The molecule has 7 nitrogen and oxygen atoms in total. The van der Waals surface area contributed by atoms with Crippen molar-refractivity contribution in [2.24, 2.45) is 0 Å². The van der Waals surface area contributed by atoms with Crippen LogP contribution < -0.4 is 15.6 Å². The second-order valence-electron chi connectivity index (χ2n) is 4.73. The maximum Gasteiger partial charge on any atom is 0.289 e. The molecule has 2 aromatic heterocycles. The number of hydrogen-bond acceptors (Lipinski definition) is 6. The highest BCUT2D eigenvalue weighted by molar-refractivity contribution is 14.1. The van der Waals surface area contributed by atoms with E-state index in [1.807, 2.05) is 6.07 Å². The normalized spacial score (nSPS) is 10.5. The molecular formula is C15H10ClIN4O3S. The van der Waals surface area contributed by atoms with E-state index in [-0.39, 0.29) is 12.3 Å². The summed E-state index contributed by atoms with van der Waals surface area (Å²) in [6.45, 7) is -0.291. The van der Waals surface area contributed by atoms with Crippen LogP contribution in [0.3, 0.4) is 0 Å². The van der Waals surface area contributed by atoms with E-state index >= 15 is 0 Å². The minimum absolute atomic E-state index is 0.230. The van der Waals surface area contributed by atoms with Gasteiger partial charge in [0.1, 0.15) is 11.2 Å². The zero-order valence-corrected chi connectivity index (χ0v) is 16.2. The van der Waals surface area contributed by atoms with Gasteiger partial charge in [-0.25, -0.2) is 4.98 Å². The van der Waals surface area contributed by atoms with E-state index in [4.69, 9.17) is 16.3 Å². The van der Waals surface area contributed by atoms with Crippen molar-refractivity contribution in [3.8, 4) is 5.75 Å². The number of thiazole rings is 1. The summed E-state index contributed by atoms with van der Waals surface area (Å²) < 4.78 is 6.31. The molecule has 0 fully saturated rings. The molecule has 128 valence electrons. The molecule has 0 saturated carbocycles. The van der Waals surface area contributed by atoms with Crippen LogP contribution in [0.2, 0.25) is 5.02 Å². The van der Waals surface area contributed by atoms with Gasteiger partial charge in [-0.2, -0.15) is 0 Å². The SMILES string of the molecule is O=C(COc1c(I)cc(Cl)c2cccnc12)NNC(=O)c1cscn1. The number of pyridine rings is 1. The highest BCUT2D eigenvalue weighted by atomic mass is 127. The van der Waals surface area contributed by atoms with Crippen molar-refractivity contribution in [3.05, 3.63) is 49.6 Å². The Kier molecular flexibility index (Phi) is 5.66. The van der Waals surface area contributed by atoms with Gasteiger partial charge in [0.2, 0.25) is 0 Å². The maximum atomic E-state index is 11.9. The van der Waals surface area contributed by atoms with E-state index in [2.05, 4.69) is 43.4 Å². The molecule has 0 aliphatic heterocycles. The Morgan fingerprint density at radius 3 is 2.92 bits per heavy atom. The molecule has 0 spiro atoms. The van der Waals surface area contributed by atoms with Crippen molar-refractivity contribution in [2.75, 3.05) is 6.61 Å². The topological polar surface area (TPSA) is 93.2 Å². The number of nitrogens with one attached hydrogen (secondary N) is 2. The van der Waals surface area contributed by atoms with Crippen LogP contribution in [-0.2, 0) is 4.79 Å². The molecule has 3 aromatic rings. The average Bonchev–Trinajstić information content (AvgIpc) is 3.14. The van der Waals surface area contributed by atoms with Gasteiger partial charge in [0.15, 0.2) is 12.4 Å². The number of nitrogens with zero attached hydrogens (tertiary/aromatic N) is 2. The van der Waals surface area contributed by atoms with Crippen molar-refractivity contribution >= 4 is 68.2 Å².